The summed E-state index contributed by atoms with van der Waals surface area (Å²) in [6.07, 6.45) is -5.50. The van der Waals surface area contributed by atoms with Gasteiger partial charge in [0.25, 0.3) is 0 Å². The highest BCUT2D eigenvalue weighted by Gasteiger charge is 2.56. The van der Waals surface area contributed by atoms with Crippen molar-refractivity contribution >= 4 is 0 Å². The van der Waals surface area contributed by atoms with E-state index in [9.17, 15) is 22.0 Å². The van der Waals surface area contributed by atoms with Crippen LogP contribution in [-0.4, -0.2) is 18.8 Å². The van der Waals surface area contributed by atoms with Crippen molar-refractivity contribution in [1.29, 1.82) is 0 Å². The first-order chi connectivity index (χ1) is 10.3. The van der Waals surface area contributed by atoms with Gasteiger partial charge in [0.2, 0.25) is 0 Å². The Balaban J connectivity index is 0.000000225. The lowest BCUT2D eigenvalue weighted by Gasteiger charge is -2.19. The summed E-state index contributed by atoms with van der Waals surface area (Å²) < 4.78 is 57.0. The number of hydrogen-bond acceptors (Lipinski definition) is 1. The molecule has 0 radical (unpaired) electrons. The number of rotatable bonds is 3. The van der Waals surface area contributed by atoms with E-state index in [4.69, 9.17) is 0 Å². The summed E-state index contributed by atoms with van der Waals surface area (Å²) in [5.41, 5.74) is 2.55. The maximum absolute atomic E-state index is 11.7. The van der Waals surface area contributed by atoms with Gasteiger partial charge >= 0.3 is 12.2 Å². The lowest BCUT2D eigenvalue weighted by molar-refractivity contribution is -0.294. The Morgan fingerprint density at radius 2 is 1.09 bits per heavy atom. The smallest absolute Gasteiger partial charge is 0.250 e. The van der Waals surface area contributed by atoms with Crippen LogP contribution in [0.5, 0.6) is 0 Å². The average Bonchev–Trinajstić information content (AvgIpc) is 2.49. The normalized spacial score (nSPS) is 11.5. The van der Waals surface area contributed by atoms with Crippen LogP contribution in [0, 0.1) is 0 Å². The van der Waals surface area contributed by atoms with Gasteiger partial charge in [0, 0.05) is 0 Å². The van der Waals surface area contributed by atoms with Crippen LogP contribution in [-0.2, 0) is 0 Å². The molecule has 0 aromatic heterocycles. The van der Waals surface area contributed by atoms with E-state index in [-0.39, 0.29) is 0 Å². The van der Waals surface area contributed by atoms with E-state index in [1.807, 2.05) is 12.1 Å². The van der Waals surface area contributed by atoms with Gasteiger partial charge < -0.3 is 0 Å². The minimum absolute atomic E-state index is 0.424. The highest BCUT2D eigenvalue weighted by Crippen LogP contribution is 2.32. The fourth-order valence-corrected chi connectivity index (χ4v) is 1.58. The number of nitrogens with one attached hydrogen (secondary N) is 1. The Bertz CT molecular complexity index is 500. The SMILES string of the molecule is CCNC(F)(F)C(F)(F)F.c1ccc(-c2ccccc2)cc1. The lowest BCUT2D eigenvalue weighted by Crippen LogP contribution is -2.49. The van der Waals surface area contributed by atoms with Gasteiger partial charge in [-0.25, -0.2) is 0 Å². The summed E-state index contributed by atoms with van der Waals surface area (Å²) in [5.74, 6) is 0. The highest BCUT2D eigenvalue weighted by atomic mass is 19.4. The second-order valence-electron chi connectivity index (χ2n) is 4.33. The first-order valence-corrected chi connectivity index (χ1v) is 6.58. The number of benzene rings is 2. The van der Waals surface area contributed by atoms with E-state index in [1.54, 1.807) is 0 Å². The van der Waals surface area contributed by atoms with E-state index in [0.717, 1.165) is 5.32 Å². The van der Waals surface area contributed by atoms with Crippen molar-refractivity contribution in [3.8, 4) is 11.1 Å². The van der Waals surface area contributed by atoms with Crippen LogP contribution in [0.4, 0.5) is 22.0 Å². The molecular formula is C16H16F5N. The molecule has 0 amide bonds. The van der Waals surface area contributed by atoms with Gasteiger partial charge in [-0.3, -0.25) is 5.32 Å². The molecule has 0 atom stereocenters. The summed E-state index contributed by atoms with van der Waals surface area (Å²) in [6.45, 7) is 0.742. The average molecular weight is 317 g/mol. The molecule has 2 aromatic carbocycles. The zero-order valence-corrected chi connectivity index (χ0v) is 11.9. The van der Waals surface area contributed by atoms with Gasteiger partial charge in [0.05, 0.1) is 0 Å². The quantitative estimate of drug-likeness (QED) is 0.613. The Kier molecular flexibility index (Phi) is 6.49. The third-order valence-electron chi connectivity index (χ3n) is 2.64. The number of hydrogen-bond donors (Lipinski definition) is 1. The van der Waals surface area contributed by atoms with Crippen LogP contribution >= 0.6 is 0 Å². The van der Waals surface area contributed by atoms with Crippen LogP contribution in [0.3, 0.4) is 0 Å². The maximum Gasteiger partial charge on any atom is 0.469 e. The van der Waals surface area contributed by atoms with E-state index in [0.29, 0.717) is 0 Å². The molecule has 1 nitrogen and oxygen atoms in total. The van der Waals surface area contributed by atoms with Gasteiger partial charge in [0.15, 0.2) is 0 Å². The molecule has 0 bridgehead atoms. The zero-order valence-electron chi connectivity index (χ0n) is 11.9. The van der Waals surface area contributed by atoms with Crippen molar-refractivity contribution in [2.45, 2.75) is 19.1 Å². The molecule has 0 aliphatic heterocycles. The van der Waals surface area contributed by atoms with Crippen molar-refractivity contribution in [3.63, 3.8) is 0 Å². The fourth-order valence-electron chi connectivity index (χ4n) is 1.58. The van der Waals surface area contributed by atoms with Gasteiger partial charge in [-0.15, -0.1) is 0 Å². The number of alkyl halides is 5. The Labute approximate surface area is 125 Å². The second-order valence-corrected chi connectivity index (χ2v) is 4.33. The molecule has 0 heterocycles. The standard InChI is InChI=1S/C12H10.C4H6F5N/c1-3-7-11(8-4-1)12-9-5-2-6-10-12;1-2-10-4(8,9)3(5,6)7/h1-10H;10H,2H2,1H3. The van der Waals surface area contributed by atoms with Crippen molar-refractivity contribution in [2.24, 2.45) is 0 Å². The van der Waals surface area contributed by atoms with E-state index in [2.05, 4.69) is 48.5 Å². The zero-order chi connectivity index (χ0) is 16.6. The van der Waals surface area contributed by atoms with Crippen molar-refractivity contribution in [3.05, 3.63) is 60.7 Å². The van der Waals surface area contributed by atoms with E-state index in [1.165, 1.54) is 18.1 Å². The molecule has 2 aromatic rings. The van der Waals surface area contributed by atoms with Gasteiger partial charge in [-0.1, -0.05) is 67.6 Å². The summed E-state index contributed by atoms with van der Waals surface area (Å²) in [5, 5.41) is 1.00. The van der Waals surface area contributed by atoms with Gasteiger partial charge in [0.1, 0.15) is 0 Å². The summed E-state index contributed by atoms with van der Waals surface area (Å²) in [7, 11) is 0. The van der Waals surface area contributed by atoms with Crippen LogP contribution < -0.4 is 5.32 Å². The second kappa shape index (κ2) is 7.89. The first kappa shape index (κ1) is 18.1. The highest BCUT2D eigenvalue weighted by molar-refractivity contribution is 5.62. The van der Waals surface area contributed by atoms with E-state index >= 15 is 0 Å². The van der Waals surface area contributed by atoms with E-state index < -0.39 is 18.8 Å². The van der Waals surface area contributed by atoms with Crippen LogP contribution in [0.1, 0.15) is 6.92 Å². The summed E-state index contributed by atoms with van der Waals surface area (Å²) >= 11 is 0. The molecule has 1 N–H and O–H groups in total. The molecule has 0 aliphatic carbocycles. The number of halogens is 5. The first-order valence-electron chi connectivity index (χ1n) is 6.58. The van der Waals surface area contributed by atoms with Gasteiger partial charge in [-0.2, -0.15) is 22.0 Å². The topological polar surface area (TPSA) is 12.0 Å². The molecule has 0 fully saturated rings. The molecule has 2 rings (SSSR count). The third-order valence-corrected chi connectivity index (χ3v) is 2.64. The lowest BCUT2D eigenvalue weighted by atomic mass is 10.1. The predicted molar refractivity (Wildman–Crippen MR) is 76.6 cm³/mol. The van der Waals surface area contributed by atoms with Crippen LogP contribution in [0.15, 0.2) is 60.7 Å². The monoisotopic (exact) mass is 317 g/mol. The molecule has 22 heavy (non-hydrogen) atoms. The summed E-state index contributed by atoms with van der Waals surface area (Å²) in [6, 6.07) is 16.0. The molecule has 0 unspecified atom stereocenters. The Morgan fingerprint density at radius 1 is 0.727 bits per heavy atom. The van der Waals surface area contributed by atoms with Crippen LogP contribution in [0.2, 0.25) is 0 Å². The van der Waals surface area contributed by atoms with Crippen LogP contribution in [0.25, 0.3) is 11.1 Å². The van der Waals surface area contributed by atoms with Crippen molar-refractivity contribution in [2.75, 3.05) is 6.54 Å². The largest absolute Gasteiger partial charge is 0.469 e. The fraction of sp³-hybridized carbons (Fsp3) is 0.250. The maximum atomic E-state index is 11.7. The molecule has 0 spiro atoms. The van der Waals surface area contributed by atoms with Crippen molar-refractivity contribution < 1.29 is 22.0 Å². The minimum Gasteiger partial charge on any atom is -0.250 e. The van der Waals surface area contributed by atoms with Gasteiger partial charge in [-0.05, 0) is 17.7 Å². The Morgan fingerprint density at radius 3 is 1.32 bits per heavy atom. The predicted octanol–water partition coefficient (Wildman–Crippen LogP) is 5.10. The van der Waals surface area contributed by atoms with Crippen molar-refractivity contribution in [1.82, 2.24) is 5.32 Å². The summed E-state index contributed by atoms with van der Waals surface area (Å²) in [4.78, 5) is 0. The third kappa shape index (κ3) is 5.44. The Hall–Kier alpha value is -1.95. The molecule has 0 saturated heterocycles. The molecule has 0 aliphatic rings. The molecule has 6 heteroatoms. The minimum atomic E-state index is -5.50. The molecule has 120 valence electrons. The molecular weight excluding hydrogens is 301 g/mol. The molecule has 0 saturated carbocycles.